The van der Waals surface area contributed by atoms with Crippen molar-refractivity contribution in [1.82, 2.24) is 9.78 Å². The Morgan fingerprint density at radius 3 is 2.55 bits per heavy atom. The standard InChI is InChI=1S/C20H30N4O4S/c1-13(2)12-24-15(4)17(14(3)22-24)8-10-20(25)21-16-7-9-19(28-5)18(11-16)23-29(6,26)27/h7,9,11,13,23H,8,10,12H2,1-6H3,(H,21,25). The van der Waals surface area contributed by atoms with E-state index in [2.05, 4.69) is 29.0 Å². The van der Waals surface area contributed by atoms with Crippen molar-refractivity contribution in [2.24, 2.45) is 5.92 Å². The smallest absolute Gasteiger partial charge is 0.229 e. The molecule has 160 valence electrons. The first-order valence-corrected chi connectivity index (χ1v) is 11.4. The fourth-order valence-corrected chi connectivity index (χ4v) is 3.71. The molecule has 0 aliphatic heterocycles. The van der Waals surface area contributed by atoms with Crippen LogP contribution in [0.1, 0.15) is 37.2 Å². The van der Waals surface area contributed by atoms with Gasteiger partial charge in [-0.05, 0) is 49.9 Å². The van der Waals surface area contributed by atoms with Gasteiger partial charge in [-0.25, -0.2) is 8.42 Å². The zero-order valence-electron chi connectivity index (χ0n) is 17.9. The Bertz CT molecular complexity index is 981. The Hall–Kier alpha value is -2.55. The molecule has 1 amide bonds. The van der Waals surface area contributed by atoms with Crippen molar-refractivity contribution in [3.05, 3.63) is 35.2 Å². The van der Waals surface area contributed by atoms with E-state index in [-0.39, 0.29) is 11.6 Å². The summed E-state index contributed by atoms with van der Waals surface area (Å²) in [5.74, 6) is 0.710. The number of anilines is 2. The van der Waals surface area contributed by atoms with Gasteiger partial charge in [-0.15, -0.1) is 0 Å². The molecule has 29 heavy (non-hydrogen) atoms. The van der Waals surface area contributed by atoms with Crippen LogP contribution in [0.15, 0.2) is 18.2 Å². The molecule has 0 aliphatic carbocycles. The van der Waals surface area contributed by atoms with Crippen LogP contribution in [0.5, 0.6) is 5.75 Å². The van der Waals surface area contributed by atoms with Crippen molar-refractivity contribution in [3.8, 4) is 5.75 Å². The number of sulfonamides is 1. The topological polar surface area (TPSA) is 102 Å². The van der Waals surface area contributed by atoms with Crippen LogP contribution in [0.25, 0.3) is 0 Å². The number of nitrogens with one attached hydrogen (secondary N) is 2. The lowest BCUT2D eigenvalue weighted by Crippen LogP contribution is -2.14. The third-order valence-corrected chi connectivity index (χ3v) is 5.04. The van der Waals surface area contributed by atoms with Crippen LogP contribution in [-0.4, -0.2) is 37.5 Å². The van der Waals surface area contributed by atoms with Crippen LogP contribution in [0.3, 0.4) is 0 Å². The van der Waals surface area contributed by atoms with E-state index in [4.69, 9.17) is 4.74 Å². The van der Waals surface area contributed by atoms with Gasteiger partial charge in [0.1, 0.15) is 5.75 Å². The largest absolute Gasteiger partial charge is 0.495 e. The summed E-state index contributed by atoms with van der Waals surface area (Å²) in [6.45, 7) is 9.13. The second kappa shape index (κ2) is 9.30. The number of carbonyl (C=O) groups is 1. The molecule has 2 rings (SSSR count). The molecule has 9 heteroatoms. The van der Waals surface area contributed by atoms with E-state index in [0.717, 1.165) is 29.8 Å². The van der Waals surface area contributed by atoms with E-state index in [0.29, 0.717) is 30.2 Å². The Morgan fingerprint density at radius 2 is 1.97 bits per heavy atom. The summed E-state index contributed by atoms with van der Waals surface area (Å²) < 4.78 is 32.6. The van der Waals surface area contributed by atoms with Crippen LogP contribution in [0.4, 0.5) is 11.4 Å². The maximum absolute atomic E-state index is 12.4. The number of methoxy groups -OCH3 is 1. The summed E-state index contributed by atoms with van der Waals surface area (Å²) in [6.07, 6.45) is 1.95. The number of aromatic nitrogens is 2. The van der Waals surface area contributed by atoms with Gasteiger partial charge in [0.25, 0.3) is 0 Å². The van der Waals surface area contributed by atoms with Gasteiger partial charge in [-0.2, -0.15) is 5.10 Å². The van der Waals surface area contributed by atoms with Crippen molar-refractivity contribution in [2.45, 2.75) is 47.1 Å². The predicted octanol–water partition coefficient (Wildman–Crippen LogP) is 3.11. The first-order valence-electron chi connectivity index (χ1n) is 9.48. The van der Waals surface area contributed by atoms with Gasteiger partial charge in [-0.3, -0.25) is 14.2 Å². The molecule has 1 aromatic heterocycles. The summed E-state index contributed by atoms with van der Waals surface area (Å²) >= 11 is 0. The molecule has 0 unspecified atom stereocenters. The Kier molecular flexibility index (Phi) is 7.29. The van der Waals surface area contributed by atoms with Gasteiger partial charge in [0.15, 0.2) is 0 Å². The van der Waals surface area contributed by atoms with E-state index in [9.17, 15) is 13.2 Å². The molecule has 0 bridgehead atoms. The monoisotopic (exact) mass is 422 g/mol. The number of hydrogen-bond acceptors (Lipinski definition) is 5. The fourth-order valence-electron chi connectivity index (χ4n) is 3.15. The second-order valence-electron chi connectivity index (χ2n) is 7.56. The van der Waals surface area contributed by atoms with Crippen LogP contribution >= 0.6 is 0 Å². The Labute approximate surface area is 172 Å². The predicted molar refractivity (Wildman–Crippen MR) is 115 cm³/mol. The average molecular weight is 423 g/mol. The van der Waals surface area contributed by atoms with Crippen molar-refractivity contribution < 1.29 is 17.9 Å². The highest BCUT2D eigenvalue weighted by molar-refractivity contribution is 7.92. The molecule has 0 saturated carbocycles. The zero-order chi connectivity index (χ0) is 21.8. The van der Waals surface area contributed by atoms with E-state index in [1.807, 2.05) is 18.5 Å². The first-order chi connectivity index (χ1) is 13.5. The van der Waals surface area contributed by atoms with Crippen molar-refractivity contribution in [2.75, 3.05) is 23.4 Å². The molecule has 0 spiro atoms. The van der Waals surface area contributed by atoms with Gasteiger partial charge in [0, 0.05) is 24.3 Å². The van der Waals surface area contributed by atoms with E-state index in [1.54, 1.807) is 12.1 Å². The molecule has 0 aliphatic rings. The molecule has 0 atom stereocenters. The van der Waals surface area contributed by atoms with E-state index < -0.39 is 10.0 Å². The number of rotatable bonds is 9. The van der Waals surface area contributed by atoms with Gasteiger partial charge < -0.3 is 10.1 Å². The second-order valence-corrected chi connectivity index (χ2v) is 9.31. The molecular formula is C20H30N4O4S. The number of benzene rings is 1. The molecular weight excluding hydrogens is 392 g/mol. The first kappa shape index (κ1) is 22.7. The summed E-state index contributed by atoms with van der Waals surface area (Å²) in [7, 11) is -2.02. The lowest BCUT2D eigenvalue weighted by Gasteiger charge is -2.12. The third kappa shape index (κ3) is 6.49. The molecule has 1 aromatic carbocycles. The molecule has 8 nitrogen and oxygen atoms in total. The van der Waals surface area contributed by atoms with Crippen molar-refractivity contribution in [3.63, 3.8) is 0 Å². The molecule has 1 heterocycles. The fraction of sp³-hybridized carbons (Fsp3) is 0.500. The van der Waals surface area contributed by atoms with Crippen molar-refractivity contribution >= 4 is 27.3 Å². The number of ether oxygens (including phenoxy) is 1. The van der Waals surface area contributed by atoms with Gasteiger partial charge >= 0.3 is 0 Å². The van der Waals surface area contributed by atoms with E-state index in [1.165, 1.54) is 13.2 Å². The lowest BCUT2D eigenvalue weighted by molar-refractivity contribution is -0.116. The maximum Gasteiger partial charge on any atom is 0.229 e. The van der Waals surface area contributed by atoms with Gasteiger partial charge in [0.2, 0.25) is 15.9 Å². The molecule has 0 radical (unpaired) electrons. The number of hydrogen-bond donors (Lipinski definition) is 2. The third-order valence-electron chi connectivity index (χ3n) is 4.45. The van der Waals surface area contributed by atoms with Crippen LogP contribution in [-0.2, 0) is 27.8 Å². The van der Waals surface area contributed by atoms with Gasteiger partial charge in [-0.1, -0.05) is 13.8 Å². The van der Waals surface area contributed by atoms with Crippen molar-refractivity contribution in [1.29, 1.82) is 0 Å². The number of nitrogens with zero attached hydrogens (tertiary/aromatic N) is 2. The maximum atomic E-state index is 12.4. The highest BCUT2D eigenvalue weighted by atomic mass is 32.2. The number of amides is 1. The molecule has 2 aromatic rings. The molecule has 0 saturated heterocycles. The quantitative estimate of drug-likeness (QED) is 0.646. The highest BCUT2D eigenvalue weighted by Crippen LogP contribution is 2.28. The SMILES string of the molecule is COc1ccc(NC(=O)CCc2c(C)nn(CC(C)C)c2C)cc1NS(C)(=O)=O. The average Bonchev–Trinajstić information content (AvgIpc) is 2.84. The highest BCUT2D eigenvalue weighted by Gasteiger charge is 2.15. The minimum absolute atomic E-state index is 0.157. The van der Waals surface area contributed by atoms with Gasteiger partial charge in [0.05, 0.1) is 24.7 Å². The summed E-state index contributed by atoms with van der Waals surface area (Å²) in [6, 6.07) is 4.81. The summed E-state index contributed by atoms with van der Waals surface area (Å²) in [5.41, 5.74) is 3.89. The van der Waals surface area contributed by atoms with Crippen LogP contribution in [0.2, 0.25) is 0 Å². The number of carbonyl (C=O) groups excluding carboxylic acids is 1. The normalized spacial score (nSPS) is 11.6. The summed E-state index contributed by atoms with van der Waals surface area (Å²) in [5, 5.41) is 7.39. The minimum atomic E-state index is -3.47. The minimum Gasteiger partial charge on any atom is -0.495 e. The number of aryl methyl sites for hydroxylation is 1. The molecule has 0 fully saturated rings. The van der Waals surface area contributed by atoms with Crippen LogP contribution < -0.4 is 14.8 Å². The summed E-state index contributed by atoms with van der Waals surface area (Å²) in [4.78, 5) is 12.4. The Balaban J connectivity index is 2.06. The lowest BCUT2D eigenvalue weighted by atomic mass is 10.1. The van der Waals surface area contributed by atoms with Crippen LogP contribution in [0, 0.1) is 19.8 Å². The zero-order valence-corrected chi connectivity index (χ0v) is 18.7. The molecule has 2 N–H and O–H groups in total. The Morgan fingerprint density at radius 1 is 1.28 bits per heavy atom. The van der Waals surface area contributed by atoms with E-state index >= 15 is 0 Å².